The van der Waals surface area contributed by atoms with Crippen LogP contribution in [-0.4, -0.2) is 31.1 Å². The summed E-state index contributed by atoms with van der Waals surface area (Å²) in [5.74, 6) is -0.566. The van der Waals surface area contributed by atoms with Gasteiger partial charge in [0, 0.05) is 17.5 Å². The van der Waals surface area contributed by atoms with Gasteiger partial charge in [0.15, 0.2) is 0 Å². The summed E-state index contributed by atoms with van der Waals surface area (Å²) in [5, 5.41) is 19.5. The van der Waals surface area contributed by atoms with Crippen molar-refractivity contribution in [3.63, 3.8) is 0 Å². The molecule has 152 valence electrons. The Bertz CT molecular complexity index is 1370. The van der Waals surface area contributed by atoms with Gasteiger partial charge in [-0.25, -0.2) is 9.07 Å². The Labute approximate surface area is 176 Å². The highest BCUT2D eigenvalue weighted by atomic mass is 19.1. The third kappa shape index (κ3) is 3.78. The van der Waals surface area contributed by atoms with Gasteiger partial charge in [-0.05, 0) is 48.0 Å². The summed E-state index contributed by atoms with van der Waals surface area (Å²) >= 11 is 0. The fourth-order valence-electron chi connectivity index (χ4n) is 3.35. The fraction of sp³-hybridized carbons (Fsp3) is 0.0435. The predicted molar refractivity (Wildman–Crippen MR) is 114 cm³/mol. The topological polar surface area (TPSA) is 88.5 Å². The SMILES string of the molecule is O=C(NCc1cccc(F)c1)c1ccc(-n2cc(-c3n[nH]c4ccccc34)nn2)cc1. The molecule has 0 saturated carbocycles. The summed E-state index contributed by atoms with van der Waals surface area (Å²) in [6.07, 6.45) is 1.79. The largest absolute Gasteiger partial charge is 0.348 e. The van der Waals surface area contributed by atoms with Gasteiger partial charge in [-0.3, -0.25) is 9.89 Å². The van der Waals surface area contributed by atoms with Gasteiger partial charge in [-0.1, -0.05) is 35.5 Å². The van der Waals surface area contributed by atoms with Crippen molar-refractivity contribution in [2.45, 2.75) is 6.54 Å². The van der Waals surface area contributed by atoms with E-state index in [2.05, 4.69) is 25.8 Å². The number of halogens is 1. The van der Waals surface area contributed by atoms with Gasteiger partial charge >= 0.3 is 0 Å². The number of nitrogens with one attached hydrogen (secondary N) is 2. The van der Waals surface area contributed by atoms with Crippen LogP contribution in [0.5, 0.6) is 0 Å². The fourth-order valence-corrected chi connectivity index (χ4v) is 3.35. The maximum absolute atomic E-state index is 13.3. The van der Waals surface area contributed by atoms with E-state index >= 15 is 0 Å². The number of para-hydroxylation sites is 1. The number of nitrogens with zero attached hydrogens (tertiary/aromatic N) is 4. The second-order valence-electron chi connectivity index (χ2n) is 7.03. The van der Waals surface area contributed by atoms with Crippen molar-refractivity contribution in [3.05, 3.63) is 95.9 Å². The number of H-pyrrole nitrogens is 1. The van der Waals surface area contributed by atoms with Gasteiger partial charge in [0.25, 0.3) is 5.91 Å². The minimum atomic E-state index is -0.328. The highest BCUT2D eigenvalue weighted by Crippen LogP contribution is 2.24. The second kappa shape index (κ2) is 7.83. The number of hydrogen-bond donors (Lipinski definition) is 2. The number of hydrogen-bond acceptors (Lipinski definition) is 4. The van der Waals surface area contributed by atoms with Crippen LogP contribution in [0.15, 0.2) is 79.0 Å². The first-order valence-corrected chi connectivity index (χ1v) is 9.66. The van der Waals surface area contributed by atoms with Gasteiger partial charge in [-0.15, -0.1) is 5.10 Å². The van der Waals surface area contributed by atoms with Crippen LogP contribution in [0, 0.1) is 5.82 Å². The Balaban J connectivity index is 1.30. The number of fused-ring (bicyclic) bond motifs is 1. The zero-order valence-electron chi connectivity index (χ0n) is 16.3. The maximum atomic E-state index is 13.3. The monoisotopic (exact) mass is 412 g/mol. The highest BCUT2D eigenvalue weighted by Gasteiger charge is 2.13. The van der Waals surface area contributed by atoms with Crippen LogP contribution in [0.1, 0.15) is 15.9 Å². The minimum absolute atomic E-state index is 0.238. The lowest BCUT2D eigenvalue weighted by Crippen LogP contribution is -2.22. The van der Waals surface area contributed by atoms with E-state index in [1.807, 2.05) is 24.3 Å². The van der Waals surface area contributed by atoms with Crippen LogP contribution in [0.3, 0.4) is 0 Å². The summed E-state index contributed by atoms with van der Waals surface area (Å²) < 4.78 is 14.9. The number of aromatic amines is 1. The number of carbonyl (C=O) groups is 1. The number of rotatable bonds is 5. The summed E-state index contributed by atoms with van der Waals surface area (Å²) in [4.78, 5) is 12.4. The molecular weight excluding hydrogens is 395 g/mol. The van der Waals surface area contributed by atoms with E-state index in [-0.39, 0.29) is 18.3 Å². The third-order valence-electron chi connectivity index (χ3n) is 4.94. The quantitative estimate of drug-likeness (QED) is 0.459. The zero-order valence-corrected chi connectivity index (χ0v) is 16.3. The van der Waals surface area contributed by atoms with Crippen molar-refractivity contribution in [1.82, 2.24) is 30.5 Å². The molecule has 0 aliphatic carbocycles. The van der Waals surface area contributed by atoms with E-state index in [1.54, 1.807) is 47.3 Å². The average molecular weight is 412 g/mol. The lowest BCUT2D eigenvalue weighted by molar-refractivity contribution is 0.0951. The van der Waals surface area contributed by atoms with Gasteiger partial charge < -0.3 is 5.32 Å². The summed E-state index contributed by atoms with van der Waals surface area (Å²) in [5.41, 5.74) is 4.27. The molecule has 8 heteroatoms. The molecule has 0 spiro atoms. The molecule has 0 radical (unpaired) electrons. The first kappa shape index (κ1) is 18.7. The Kier molecular flexibility index (Phi) is 4.72. The van der Waals surface area contributed by atoms with Crippen molar-refractivity contribution in [2.75, 3.05) is 0 Å². The van der Waals surface area contributed by atoms with Crippen LogP contribution in [0.25, 0.3) is 28.0 Å². The van der Waals surface area contributed by atoms with E-state index in [1.165, 1.54) is 12.1 Å². The molecule has 2 heterocycles. The molecule has 0 fully saturated rings. The van der Waals surface area contributed by atoms with Crippen LogP contribution in [0.4, 0.5) is 4.39 Å². The zero-order chi connectivity index (χ0) is 21.2. The second-order valence-corrected chi connectivity index (χ2v) is 7.03. The molecule has 0 aliphatic rings. The Hall–Kier alpha value is -4.33. The molecule has 7 nitrogen and oxygen atoms in total. The molecule has 0 unspecified atom stereocenters. The van der Waals surface area contributed by atoms with E-state index < -0.39 is 0 Å². The van der Waals surface area contributed by atoms with Crippen LogP contribution in [-0.2, 0) is 6.54 Å². The summed E-state index contributed by atoms with van der Waals surface area (Å²) in [7, 11) is 0. The third-order valence-corrected chi connectivity index (χ3v) is 4.94. The highest BCUT2D eigenvalue weighted by molar-refractivity contribution is 5.94. The van der Waals surface area contributed by atoms with Crippen molar-refractivity contribution in [3.8, 4) is 17.1 Å². The first-order valence-electron chi connectivity index (χ1n) is 9.66. The van der Waals surface area contributed by atoms with Crippen LogP contribution < -0.4 is 5.32 Å². The summed E-state index contributed by atoms with van der Waals surface area (Å²) in [6.45, 7) is 0.252. The van der Waals surface area contributed by atoms with E-state index in [0.717, 1.165) is 22.3 Å². The number of benzene rings is 3. The maximum Gasteiger partial charge on any atom is 0.251 e. The molecule has 0 saturated heterocycles. The molecule has 0 aliphatic heterocycles. The van der Waals surface area contributed by atoms with Crippen LogP contribution >= 0.6 is 0 Å². The predicted octanol–water partition coefficient (Wildman–Crippen LogP) is 3.88. The average Bonchev–Trinajstić information content (AvgIpc) is 3.45. The normalized spacial score (nSPS) is 11.0. The summed E-state index contributed by atoms with van der Waals surface area (Å²) in [6, 6.07) is 21.0. The molecule has 0 bridgehead atoms. The van der Waals surface area contributed by atoms with Gasteiger partial charge in [0.1, 0.15) is 17.2 Å². The molecule has 5 aromatic rings. The lowest BCUT2D eigenvalue weighted by atomic mass is 10.1. The number of carbonyl (C=O) groups excluding carboxylic acids is 1. The van der Waals surface area contributed by atoms with Crippen molar-refractivity contribution in [1.29, 1.82) is 0 Å². The minimum Gasteiger partial charge on any atom is -0.348 e. The van der Waals surface area contributed by atoms with E-state index in [0.29, 0.717) is 16.8 Å². The first-order chi connectivity index (χ1) is 15.2. The Morgan fingerprint density at radius 1 is 1.03 bits per heavy atom. The molecule has 31 heavy (non-hydrogen) atoms. The van der Waals surface area contributed by atoms with Gasteiger partial charge in [-0.2, -0.15) is 5.10 Å². The van der Waals surface area contributed by atoms with E-state index in [4.69, 9.17) is 0 Å². The van der Waals surface area contributed by atoms with Crippen molar-refractivity contribution in [2.24, 2.45) is 0 Å². The van der Waals surface area contributed by atoms with Gasteiger partial charge in [0.2, 0.25) is 0 Å². The smallest absolute Gasteiger partial charge is 0.251 e. The Morgan fingerprint density at radius 3 is 2.71 bits per heavy atom. The molecule has 0 atom stereocenters. The molecule has 2 aromatic heterocycles. The van der Waals surface area contributed by atoms with Crippen molar-refractivity contribution < 1.29 is 9.18 Å². The van der Waals surface area contributed by atoms with Crippen LogP contribution in [0.2, 0.25) is 0 Å². The van der Waals surface area contributed by atoms with Gasteiger partial charge in [0.05, 0.1) is 17.4 Å². The molecule has 2 N–H and O–H groups in total. The number of amides is 1. The molecule has 3 aromatic carbocycles. The lowest BCUT2D eigenvalue weighted by Gasteiger charge is -2.06. The Morgan fingerprint density at radius 2 is 1.87 bits per heavy atom. The number of aromatic nitrogens is 5. The van der Waals surface area contributed by atoms with Crippen molar-refractivity contribution >= 4 is 16.8 Å². The van der Waals surface area contributed by atoms with E-state index in [9.17, 15) is 9.18 Å². The molecular formula is C23H17FN6O. The molecule has 5 rings (SSSR count). The molecule has 1 amide bonds. The standard InChI is InChI=1S/C23H17FN6O/c24-17-5-3-4-15(12-17)13-25-23(31)16-8-10-18(11-9-16)30-14-21(27-29-30)22-19-6-1-2-7-20(19)26-28-22/h1-12,14H,13H2,(H,25,31)(H,26,28).